The van der Waals surface area contributed by atoms with Crippen LogP contribution < -0.4 is 21.7 Å². The molecule has 2 saturated heterocycles. The van der Waals surface area contributed by atoms with Crippen LogP contribution in [0, 0.1) is 5.92 Å². The Hall–Kier alpha value is -3.30. The molecule has 0 spiro atoms. The van der Waals surface area contributed by atoms with Crippen molar-refractivity contribution in [3.8, 4) is 5.75 Å². The van der Waals surface area contributed by atoms with Crippen LogP contribution in [0.3, 0.4) is 0 Å². The monoisotopic (exact) mass is 551 g/mol. The molecular weight excluding hydrogens is 514 g/mol. The molecule has 1 aromatic carbocycles. The predicted molar refractivity (Wildman–Crippen MR) is 136 cm³/mol. The van der Waals surface area contributed by atoms with Crippen LogP contribution in [0.25, 0.3) is 0 Å². The number of hydrogen-bond acceptors (Lipinski definition) is 10. The number of rotatable bonds is 10. The van der Waals surface area contributed by atoms with E-state index in [0.29, 0.717) is 5.56 Å². The summed E-state index contributed by atoms with van der Waals surface area (Å²) < 4.78 is 0. The third-order valence-electron chi connectivity index (χ3n) is 7.12. The van der Waals surface area contributed by atoms with Crippen molar-refractivity contribution in [2.24, 2.45) is 11.7 Å². The lowest BCUT2D eigenvalue weighted by atomic mass is 9.99. The number of β-amino-alcohol motifs (C(OH)–C–C–N with tert-alkyl or cyclic N) is 1. The number of aliphatic hydroxyl groups excluding tert-OH is 4. The van der Waals surface area contributed by atoms with Crippen molar-refractivity contribution in [2.45, 2.75) is 75.3 Å². The van der Waals surface area contributed by atoms with Gasteiger partial charge in [0, 0.05) is 25.4 Å². The van der Waals surface area contributed by atoms with E-state index >= 15 is 0 Å². The van der Waals surface area contributed by atoms with Gasteiger partial charge in [-0.25, -0.2) is 0 Å². The zero-order chi connectivity index (χ0) is 29.0. The maximum absolute atomic E-state index is 13.4. The molecular formula is C25H37N5O9. The summed E-state index contributed by atoms with van der Waals surface area (Å²) in [5, 5.41) is 58.6. The Balaban J connectivity index is 1.82. The van der Waals surface area contributed by atoms with Crippen molar-refractivity contribution in [1.29, 1.82) is 0 Å². The Morgan fingerprint density at radius 3 is 2.28 bits per heavy atom. The molecule has 0 saturated carbocycles. The highest BCUT2D eigenvalue weighted by molar-refractivity contribution is 5.95. The molecule has 39 heavy (non-hydrogen) atoms. The van der Waals surface area contributed by atoms with Gasteiger partial charge >= 0.3 is 0 Å². The highest BCUT2D eigenvalue weighted by atomic mass is 16.3. The Morgan fingerprint density at radius 2 is 1.74 bits per heavy atom. The van der Waals surface area contributed by atoms with Gasteiger partial charge in [-0.1, -0.05) is 19.1 Å². The maximum atomic E-state index is 13.4. The van der Waals surface area contributed by atoms with Gasteiger partial charge in [-0.3, -0.25) is 19.2 Å². The van der Waals surface area contributed by atoms with Crippen LogP contribution in [0.15, 0.2) is 24.3 Å². The van der Waals surface area contributed by atoms with E-state index in [0.717, 1.165) is 4.90 Å². The molecule has 2 aliphatic rings. The molecule has 3 rings (SSSR count). The molecule has 0 aromatic heterocycles. The standard InChI is InChI=1S/C25H37N5O9/c1-11-10-30(20(21(11)35)22(26)36)25(39)18(12(2)31)28-24(38)19(29-23(37)16-8-15(33)9-27-16)17(34)7-13-3-5-14(32)6-4-13/h3-6,11-12,15-21,27,31-35H,7-10H2,1-2H3,(H2,26,36)(H,28,38)(H,29,37). The average molecular weight is 552 g/mol. The number of aromatic hydroxyl groups is 1. The van der Waals surface area contributed by atoms with Crippen LogP contribution in [-0.2, 0) is 25.6 Å². The first-order chi connectivity index (χ1) is 18.3. The number of nitrogens with one attached hydrogen (secondary N) is 3. The van der Waals surface area contributed by atoms with E-state index in [4.69, 9.17) is 5.73 Å². The molecule has 9 unspecified atom stereocenters. The fourth-order valence-corrected chi connectivity index (χ4v) is 4.89. The number of phenolic OH excluding ortho intramolecular Hbond substituents is 1. The SMILES string of the molecule is CC(O)C(NC(=O)C(NC(=O)C1CC(O)CN1)C(O)Cc1ccc(O)cc1)C(=O)N1CC(C)C(O)C1C(N)=O. The summed E-state index contributed by atoms with van der Waals surface area (Å²) in [5.74, 6) is -3.97. The number of primary amides is 1. The maximum Gasteiger partial charge on any atom is 0.248 e. The number of aliphatic hydroxyl groups is 4. The van der Waals surface area contributed by atoms with Crippen molar-refractivity contribution in [3.05, 3.63) is 29.8 Å². The van der Waals surface area contributed by atoms with Gasteiger partial charge in [-0.2, -0.15) is 0 Å². The molecule has 0 radical (unpaired) electrons. The summed E-state index contributed by atoms with van der Waals surface area (Å²) in [4.78, 5) is 52.5. The smallest absolute Gasteiger partial charge is 0.248 e. The zero-order valence-corrected chi connectivity index (χ0v) is 21.7. The fraction of sp³-hybridized carbons (Fsp3) is 0.600. The van der Waals surface area contributed by atoms with Crippen LogP contribution in [-0.4, -0.2) is 116 Å². The van der Waals surface area contributed by atoms with Crippen molar-refractivity contribution >= 4 is 23.6 Å². The van der Waals surface area contributed by atoms with Gasteiger partial charge in [0.2, 0.25) is 23.6 Å². The van der Waals surface area contributed by atoms with Crippen molar-refractivity contribution in [1.82, 2.24) is 20.9 Å². The third-order valence-corrected chi connectivity index (χ3v) is 7.12. The van der Waals surface area contributed by atoms with Gasteiger partial charge in [-0.15, -0.1) is 0 Å². The molecule has 14 heteroatoms. The van der Waals surface area contributed by atoms with Gasteiger partial charge in [0.25, 0.3) is 0 Å². The molecule has 0 bridgehead atoms. The number of nitrogens with zero attached hydrogens (tertiary/aromatic N) is 1. The van der Waals surface area contributed by atoms with Crippen molar-refractivity contribution in [3.63, 3.8) is 0 Å². The van der Waals surface area contributed by atoms with Gasteiger partial charge in [0.15, 0.2) is 0 Å². The molecule has 9 atom stereocenters. The number of amides is 4. The molecule has 4 amide bonds. The van der Waals surface area contributed by atoms with Gasteiger partial charge < -0.3 is 52.1 Å². The van der Waals surface area contributed by atoms with Crippen molar-refractivity contribution in [2.75, 3.05) is 13.1 Å². The second-order valence-electron chi connectivity index (χ2n) is 10.3. The first-order valence-electron chi connectivity index (χ1n) is 12.7. The minimum absolute atomic E-state index is 0.00407. The average Bonchev–Trinajstić information content (AvgIpc) is 3.44. The van der Waals surface area contributed by atoms with Crippen molar-refractivity contribution < 1.29 is 44.7 Å². The molecule has 14 nitrogen and oxygen atoms in total. The number of carbonyl (C=O) groups is 4. The number of likely N-dealkylation sites (tertiary alicyclic amines) is 1. The van der Waals surface area contributed by atoms with E-state index in [9.17, 15) is 44.7 Å². The summed E-state index contributed by atoms with van der Waals surface area (Å²) >= 11 is 0. The number of nitrogens with two attached hydrogens (primary N) is 1. The first-order valence-corrected chi connectivity index (χ1v) is 12.7. The fourth-order valence-electron chi connectivity index (χ4n) is 4.89. The Bertz CT molecular complexity index is 1050. The summed E-state index contributed by atoms with van der Waals surface area (Å²) in [6.07, 6.45) is -4.98. The second kappa shape index (κ2) is 12.7. The first kappa shape index (κ1) is 30.2. The summed E-state index contributed by atoms with van der Waals surface area (Å²) in [7, 11) is 0. The van der Waals surface area contributed by atoms with Crippen LogP contribution >= 0.6 is 0 Å². The summed E-state index contributed by atoms with van der Waals surface area (Å²) in [6, 6.07) is 0.464. The van der Waals surface area contributed by atoms with Crippen LogP contribution in [0.1, 0.15) is 25.8 Å². The van der Waals surface area contributed by atoms with E-state index in [-0.39, 0.29) is 31.7 Å². The minimum atomic E-state index is -1.59. The van der Waals surface area contributed by atoms with E-state index in [1.54, 1.807) is 6.92 Å². The molecule has 2 aliphatic heterocycles. The molecule has 2 fully saturated rings. The highest BCUT2D eigenvalue weighted by Crippen LogP contribution is 2.25. The minimum Gasteiger partial charge on any atom is -0.508 e. The zero-order valence-electron chi connectivity index (χ0n) is 21.7. The van der Waals surface area contributed by atoms with E-state index < -0.39 is 78.1 Å². The Labute approximate surface area is 225 Å². The third kappa shape index (κ3) is 7.22. The van der Waals surface area contributed by atoms with Gasteiger partial charge in [-0.05, 0) is 31.0 Å². The largest absolute Gasteiger partial charge is 0.508 e. The predicted octanol–water partition coefficient (Wildman–Crippen LogP) is -3.94. The topological polar surface area (TPSA) is 235 Å². The number of carbonyl (C=O) groups excluding carboxylic acids is 4. The van der Waals surface area contributed by atoms with Gasteiger partial charge in [0.05, 0.1) is 30.5 Å². The van der Waals surface area contributed by atoms with Crippen LogP contribution in [0.5, 0.6) is 5.75 Å². The highest BCUT2D eigenvalue weighted by Gasteiger charge is 2.47. The normalized spacial score (nSPS) is 27.8. The lowest BCUT2D eigenvalue weighted by Gasteiger charge is -2.32. The van der Waals surface area contributed by atoms with Crippen LogP contribution in [0.4, 0.5) is 0 Å². The Morgan fingerprint density at radius 1 is 1.10 bits per heavy atom. The molecule has 10 N–H and O–H groups in total. The lowest BCUT2D eigenvalue weighted by molar-refractivity contribution is -0.145. The van der Waals surface area contributed by atoms with Crippen LogP contribution in [0.2, 0.25) is 0 Å². The van der Waals surface area contributed by atoms with Gasteiger partial charge in [0.1, 0.15) is 23.9 Å². The quantitative estimate of drug-likeness (QED) is 0.137. The second-order valence-corrected chi connectivity index (χ2v) is 10.3. The molecule has 216 valence electrons. The summed E-state index contributed by atoms with van der Waals surface area (Å²) in [5.41, 5.74) is 5.92. The lowest BCUT2D eigenvalue weighted by Crippen LogP contribution is -2.63. The Kier molecular flexibility index (Phi) is 9.85. The van der Waals surface area contributed by atoms with E-state index in [1.165, 1.54) is 31.2 Å². The number of hydrogen-bond donors (Lipinski definition) is 9. The molecule has 2 heterocycles. The van der Waals surface area contributed by atoms with E-state index in [1.807, 2.05) is 0 Å². The molecule has 0 aliphatic carbocycles. The number of benzene rings is 1. The number of phenols is 1. The van der Waals surface area contributed by atoms with E-state index in [2.05, 4.69) is 16.0 Å². The molecule has 1 aromatic rings. The summed E-state index contributed by atoms with van der Waals surface area (Å²) in [6.45, 7) is 2.97.